The van der Waals surface area contributed by atoms with E-state index in [1.165, 1.54) is 4.90 Å². The van der Waals surface area contributed by atoms with Crippen LogP contribution in [0.15, 0.2) is 29.2 Å². The van der Waals surface area contributed by atoms with E-state index in [9.17, 15) is 0 Å². The van der Waals surface area contributed by atoms with Gasteiger partial charge in [-0.15, -0.1) is 11.8 Å². The molecule has 0 heterocycles. The summed E-state index contributed by atoms with van der Waals surface area (Å²) in [6.07, 6.45) is 0. The summed E-state index contributed by atoms with van der Waals surface area (Å²) in [5.41, 5.74) is 0.918. The Balaban J connectivity index is 2.57. The molecule has 0 unspecified atom stereocenters. The molecular formula is C12H19NO2S. The van der Waals surface area contributed by atoms with E-state index >= 15 is 0 Å². The molecule has 0 saturated carbocycles. The first-order chi connectivity index (χ1) is 7.65. The van der Waals surface area contributed by atoms with Crippen molar-refractivity contribution < 1.29 is 10.2 Å². The van der Waals surface area contributed by atoms with Crippen LogP contribution in [0.25, 0.3) is 0 Å². The van der Waals surface area contributed by atoms with Gasteiger partial charge in [-0.05, 0) is 24.3 Å². The molecule has 0 amide bonds. The van der Waals surface area contributed by atoms with Crippen LogP contribution in [0.1, 0.15) is 13.8 Å². The zero-order valence-corrected chi connectivity index (χ0v) is 10.5. The number of aliphatic hydroxyl groups excluding tert-OH is 2. The summed E-state index contributed by atoms with van der Waals surface area (Å²) < 4.78 is 0. The Hall–Kier alpha value is -0.710. The van der Waals surface area contributed by atoms with Crippen LogP contribution in [0, 0.1) is 0 Å². The number of rotatable bonds is 6. The summed E-state index contributed by atoms with van der Waals surface area (Å²) in [5.74, 6) is 0. The second-order valence-corrected chi connectivity index (χ2v) is 5.55. The molecular weight excluding hydrogens is 222 g/mol. The molecule has 0 atom stereocenters. The number of nitrogens with one attached hydrogen (secondary N) is 1. The third kappa shape index (κ3) is 4.43. The molecule has 16 heavy (non-hydrogen) atoms. The van der Waals surface area contributed by atoms with Gasteiger partial charge in [0.05, 0.1) is 19.3 Å². The Bertz CT molecular complexity index is 296. The van der Waals surface area contributed by atoms with Crippen LogP contribution in [-0.4, -0.2) is 34.7 Å². The van der Waals surface area contributed by atoms with E-state index < -0.39 is 0 Å². The summed E-state index contributed by atoms with van der Waals surface area (Å²) in [4.78, 5) is 1.23. The molecule has 0 spiro atoms. The average Bonchev–Trinajstić information content (AvgIpc) is 2.27. The van der Waals surface area contributed by atoms with Crippen molar-refractivity contribution >= 4 is 17.4 Å². The minimum Gasteiger partial charge on any atom is -0.394 e. The SMILES string of the molecule is CC(C)Sc1ccc(NC(CO)CO)cc1. The van der Waals surface area contributed by atoms with Gasteiger partial charge in [0.15, 0.2) is 0 Å². The predicted octanol–water partition coefficient (Wildman–Crippen LogP) is 1.95. The van der Waals surface area contributed by atoms with E-state index in [-0.39, 0.29) is 19.3 Å². The van der Waals surface area contributed by atoms with Gasteiger partial charge in [0.25, 0.3) is 0 Å². The second-order valence-electron chi connectivity index (χ2n) is 3.90. The fraction of sp³-hybridized carbons (Fsp3) is 0.500. The van der Waals surface area contributed by atoms with Gasteiger partial charge >= 0.3 is 0 Å². The summed E-state index contributed by atoms with van der Waals surface area (Å²) in [5, 5.41) is 21.5. The fourth-order valence-corrected chi connectivity index (χ4v) is 2.12. The fourth-order valence-electron chi connectivity index (χ4n) is 1.29. The van der Waals surface area contributed by atoms with Crippen molar-refractivity contribution in [2.75, 3.05) is 18.5 Å². The summed E-state index contributed by atoms with van der Waals surface area (Å²) in [6.45, 7) is 4.17. The van der Waals surface area contributed by atoms with Gasteiger partial charge < -0.3 is 15.5 Å². The second kappa shape index (κ2) is 6.78. The average molecular weight is 241 g/mol. The maximum Gasteiger partial charge on any atom is 0.0723 e. The Morgan fingerprint density at radius 2 is 1.69 bits per heavy atom. The monoisotopic (exact) mass is 241 g/mol. The molecule has 0 aromatic heterocycles. The molecule has 0 fully saturated rings. The van der Waals surface area contributed by atoms with Crippen LogP contribution in [-0.2, 0) is 0 Å². The first-order valence-corrected chi connectivity index (χ1v) is 6.28. The maximum atomic E-state index is 8.93. The molecule has 1 aromatic rings. The van der Waals surface area contributed by atoms with E-state index in [1.54, 1.807) is 0 Å². The minimum atomic E-state index is -0.288. The highest BCUT2D eigenvalue weighted by Gasteiger charge is 2.05. The maximum absolute atomic E-state index is 8.93. The van der Waals surface area contributed by atoms with E-state index in [2.05, 4.69) is 19.2 Å². The van der Waals surface area contributed by atoms with Crippen molar-refractivity contribution in [2.45, 2.75) is 30.0 Å². The lowest BCUT2D eigenvalue weighted by Gasteiger charge is -2.15. The molecule has 90 valence electrons. The van der Waals surface area contributed by atoms with Crippen molar-refractivity contribution in [1.29, 1.82) is 0 Å². The third-order valence-electron chi connectivity index (χ3n) is 2.04. The molecule has 3 nitrogen and oxygen atoms in total. The molecule has 4 heteroatoms. The van der Waals surface area contributed by atoms with Crippen LogP contribution >= 0.6 is 11.8 Å². The highest BCUT2D eigenvalue weighted by molar-refractivity contribution is 7.99. The van der Waals surface area contributed by atoms with Crippen molar-refractivity contribution in [2.24, 2.45) is 0 Å². The van der Waals surface area contributed by atoms with Gasteiger partial charge in [-0.2, -0.15) is 0 Å². The largest absolute Gasteiger partial charge is 0.394 e. The van der Waals surface area contributed by atoms with Crippen molar-refractivity contribution in [3.05, 3.63) is 24.3 Å². The van der Waals surface area contributed by atoms with Gasteiger partial charge in [-0.25, -0.2) is 0 Å². The van der Waals surface area contributed by atoms with E-state index in [4.69, 9.17) is 10.2 Å². The molecule has 3 N–H and O–H groups in total. The first kappa shape index (κ1) is 13.4. The number of hydrogen-bond acceptors (Lipinski definition) is 4. The summed E-state index contributed by atoms with van der Waals surface area (Å²) in [7, 11) is 0. The van der Waals surface area contributed by atoms with Crippen LogP contribution < -0.4 is 5.32 Å². The Labute approximate surface area is 101 Å². The quantitative estimate of drug-likeness (QED) is 0.666. The lowest BCUT2D eigenvalue weighted by molar-refractivity contribution is 0.204. The molecule has 0 aliphatic rings. The predicted molar refractivity (Wildman–Crippen MR) is 69.0 cm³/mol. The number of aliphatic hydroxyl groups is 2. The van der Waals surface area contributed by atoms with Gasteiger partial charge in [0, 0.05) is 15.8 Å². The molecule has 0 bridgehead atoms. The standard InChI is InChI=1S/C12H19NO2S/c1-9(2)16-12-5-3-10(4-6-12)13-11(7-14)8-15/h3-6,9,11,13-15H,7-8H2,1-2H3. The molecule has 1 rings (SSSR count). The zero-order chi connectivity index (χ0) is 12.0. The highest BCUT2D eigenvalue weighted by atomic mass is 32.2. The van der Waals surface area contributed by atoms with Crippen LogP contribution in [0.2, 0.25) is 0 Å². The Kier molecular flexibility index (Phi) is 5.66. The van der Waals surface area contributed by atoms with Crippen LogP contribution in [0.5, 0.6) is 0 Å². The highest BCUT2D eigenvalue weighted by Crippen LogP contribution is 2.24. The number of benzene rings is 1. The lowest BCUT2D eigenvalue weighted by Crippen LogP contribution is -2.27. The van der Waals surface area contributed by atoms with Crippen LogP contribution in [0.3, 0.4) is 0 Å². The normalized spacial score (nSPS) is 11.1. The Morgan fingerprint density at radius 1 is 1.12 bits per heavy atom. The topological polar surface area (TPSA) is 52.5 Å². The molecule has 0 radical (unpaired) electrons. The van der Waals surface area contributed by atoms with E-state index in [0.29, 0.717) is 5.25 Å². The first-order valence-electron chi connectivity index (χ1n) is 5.40. The number of hydrogen-bond donors (Lipinski definition) is 3. The summed E-state index contributed by atoms with van der Waals surface area (Å²) >= 11 is 1.81. The molecule has 0 aliphatic heterocycles. The Morgan fingerprint density at radius 3 is 2.12 bits per heavy atom. The third-order valence-corrected chi connectivity index (χ3v) is 3.05. The smallest absolute Gasteiger partial charge is 0.0723 e. The van der Waals surface area contributed by atoms with Crippen molar-refractivity contribution in [3.63, 3.8) is 0 Å². The van der Waals surface area contributed by atoms with E-state index in [0.717, 1.165) is 5.69 Å². The molecule has 0 aliphatic carbocycles. The van der Waals surface area contributed by atoms with Crippen LogP contribution in [0.4, 0.5) is 5.69 Å². The van der Waals surface area contributed by atoms with Gasteiger partial charge in [0.1, 0.15) is 0 Å². The van der Waals surface area contributed by atoms with Gasteiger partial charge in [-0.1, -0.05) is 13.8 Å². The lowest BCUT2D eigenvalue weighted by atomic mass is 10.2. The van der Waals surface area contributed by atoms with Gasteiger partial charge in [0.2, 0.25) is 0 Å². The minimum absolute atomic E-state index is 0.0704. The zero-order valence-electron chi connectivity index (χ0n) is 9.68. The van der Waals surface area contributed by atoms with Crippen molar-refractivity contribution in [1.82, 2.24) is 0 Å². The molecule has 0 saturated heterocycles. The van der Waals surface area contributed by atoms with Gasteiger partial charge in [-0.3, -0.25) is 0 Å². The summed E-state index contributed by atoms with van der Waals surface area (Å²) in [6, 6.07) is 7.72. The number of thioether (sulfide) groups is 1. The van der Waals surface area contributed by atoms with Crippen molar-refractivity contribution in [3.8, 4) is 0 Å². The molecule has 1 aromatic carbocycles. The van der Waals surface area contributed by atoms with E-state index in [1.807, 2.05) is 36.0 Å². The number of anilines is 1.